The van der Waals surface area contributed by atoms with Crippen molar-refractivity contribution in [3.8, 4) is 5.75 Å². The van der Waals surface area contributed by atoms with Crippen LogP contribution >= 0.6 is 12.2 Å². The van der Waals surface area contributed by atoms with Crippen molar-refractivity contribution in [2.75, 3.05) is 11.9 Å². The van der Waals surface area contributed by atoms with Gasteiger partial charge in [0.25, 0.3) is 5.91 Å². The summed E-state index contributed by atoms with van der Waals surface area (Å²) in [4.78, 5) is 25.5. The Morgan fingerprint density at radius 2 is 1.96 bits per heavy atom. The summed E-state index contributed by atoms with van der Waals surface area (Å²) >= 11 is 5.16. The molecule has 0 saturated carbocycles. The van der Waals surface area contributed by atoms with Gasteiger partial charge in [0.1, 0.15) is 27.7 Å². The van der Waals surface area contributed by atoms with Gasteiger partial charge in [-0.05, 0) is 32.9 Å². The number of para-hydroxylation sites is 2. The Kier molecular flexibility index (Phi) is 6.55. The zero-order valence-corrected chi connectivity index (χ0v) is 16.3. The summed E-state index contributed by atoms with van der Waals surface area (Å²) in [6.07, 6.45) is -0.885. The first-order valence-corrected chi connectivity index (χ1v) is 8.72. The molecule has 7 nitrogen and oxygen atoms in total. The lowest BCUT2D eigenvalue weighted by atomic mass is 10.1. The first kappa shape index (κ1) is 21.5. The fourth-order valence-corrected chi connectivity index (χ4v) is 2.69. The predicted octanol–water partition coefficient (Wildman–Crippen LogP) is 4.01. The number of hydrogen-bond donors (Lipinski definition) is 2. The van der Waals surface area contributed by atoms with Crippen molar-refractivity contribution in [2.45, 2.75) is 39.4 Å². The minimum atomic E-state index is -3.05. The van der Waals surface area contributed by atoms with Crippen molar-refractivity contribution in [1.29, 1.82) is 0 Å². The maximum Gasteiger partial charge on any atom is 0.417 e. The van der Waals surface area contributed by atoms with Crippen LogP contribution in [0.2, 0.25) is 0 Å². The van der Waals surface area contributed by atoms with E-state index in [4.69, 9.17) is 17.0 Å². The average molecular weight is 414 g/mol. The number of aliphatic hydroxyl groups is 1. The van der Waals surface area contributed by atoms with Gasteiger partial charge in [0.15, 0.2) is 0 Å². The van der Waals surface area contributed by atoms with E-state index in [-0.39, 0.29) is 40.7 Å². The third kappa shape index (κ3) is 5.38. The monoisotopic (exact) mass is 414 g/mol. The van der Waals surface area contributed by atoms with Gasteiger partial charge in [-0.25, -0.2) is 9.69 Å². The summed E-state index contributed by atoms with van der Waals surface area (Å²) < 4.78 is 34.7. The second-order valence-corrected chi connectivity index (χ2v) is 7.25. The molecule has 0 fully saturated rings. The summed E-state index contributed by atoms with van der Waals surface area (Å²) in [5, 5.41) is 12.7. The number of anilines is 1. The first-order chi connectivity index (χ1) is 13.0. The molecule has 2 amide bonds. The molecule has 1 aromatic rings. The van der Waals surface area contributed by atoms with Gasteiger partial charge in [-0.1, -0.05) is 24.4 Å². The van der Waals surface area contributed by atoms with Crippen LogP contribution < -0.4 is 10.1 Å². The third-order valence-electron chi connectivity index (χ3n) is 3.51. The number of nitrogens with zero attached hydrogens (tertiary/aromatic N) is 1. The van der Waals surface area contributed by atoms with Crippen LogP contribution in [0.1, 0.15) is 27.2 Å². The molecule has 10 heteroatoms. The van der Waals surface area contributed by atoms with Gasteiger partial charge in [-0.2, -0.15) is 8.78 Å². The molecule has 0 bridgehead atoms. The Bertz CT molecular complexity index is 820. The van der Waals surface area contributed by atoms with E-state index in [1.807, 2.05) is 0 Å². The van der Waals surface area contributed by atoms with Crippen LogP contribution in [-0.4, -0.2) is 45.8 Å². The molecule has 0 unspecified atom stereocenters. The first-order valence-electron chi connectivity index (χ1n) is 8.31. The second-order valence-electron chi connectivity index (χ2n) is 6.84. The van der Waals surface area contributed by atoms with E-state index in [1.165, 1.54) is 18.2 Å². The van der Waals surface area contributed by atoms with Crippen LogP contribution in [0.25, 0.3) is 0 Å². The second kappa shape index (κ2) is 8.51. The highest BCUT2D eigenvalue weighted by molar-refractivity contribution is 7.81. The lowest BCUT2D eigenvalue weighted by Crippen LogP contribution is -2.46. The molecular formula is C18H20F2N2O5S. The van der Waals surface area contributed by atoms with E-state index >= 15 is 0 Å². The molecule has 1 aromatic carbocycles. The number of carbonyl (C=O) groups excluding carboxylic acids is 2. The highest BCUT2D eigenvalue weighted by Crippen LogP contribution is 2.28. The molecule has 0 radical (unpaired) electrons. The topological polar surface area (TPSA) is 88.1 Å². The quantitative estimate of drug-likeness (QED) is 0.720. The van der Waals surface area contributed by atoms with Crippen LogP contribution in [0, 0.1) is 0 Å². The van der Waals surface area contributed by atoms with E-state index < -0.39 is 24.2 Å². The van der Waals surface area contributed by atoms with Gasteiger partial charge in [0.05, 0.1) is 5.69 Å². The van der Waals surface area contributed by atoms with E-state index in [1.54, 1.807) is 26.8 Å². The molecular weight excluding hydrogens is 394 g/mol. The van der Waals surface area contributed by atoms with Crippen molar-refractivity contribution >= 4 is 34.9 Å². The maximum absolute atomic E-state index is 12.7. The Labute approximate surface area is 165 Å². The fraction of sp³-hybridized carbons (Fsp3) is 0.389. The number of imide groups is 1. The summed E-state index contributed by atoms with van der Waals surface area (Å²) in [5.41, 5.74) is -1.04. The maximum atomic E-state index is 12.7. The molecule has 0 spiro atoms. The van der Waals surface area contributed by atoms with Crippen molar-refractivity contribution in [2.24, 2.45) is 0 Å². The number of amides is 2. The molecule has 0 aliphatic carbocycles. The van der Waals surface area contributed by atoms with Crippen LogP contribution in [0.5, 0.6) is 5.75 Å². The molecule has 0 aromatic heterocycles. The normalized spacial score (nSPS) is 14.9. The fourth-order valence-electron chi connectivity index (χ4n) is 2.38. The molecule has 152 valence electrons. The zero-order valence-electron chi connectivity index (χ0n) is 15.5. The van der Waals surface area contributed by atoms with Crippen molar-refractivity contribution in [1.82, 2.24) is 4.90 Å². The standard InChI is InChI=1S/C18H20F2N2O5S/c1-18(2,3)27-17(25)22-9-8-11(23)13(15(22)24)14(28)21-10-6-4-5-7-12(10)26-16(19)20/h4-7,16,23H,8-9H2,1-3H3,(H,21,28). The smallest absolute Gasteiger partial charge is 0.417 e. The number of hydrogen-bond acceptors (Lipinski definition) is 6. The molecule has 1 aliphatic rings. The zero-order chi connectivity index (χ0) is 21.1. The molecule has 1 heterocycles. The van der Waals surface area contributed by atoms with Crippen LogP contribution in [0.15, 0.2) is 35.6 Å². The Hall–Kier alpha value is -2.75. The number of benzene rings is 1. The number of carbonyl (C=O) groups is 2. The summed E-state index contributed by atoms with van der Waals surface area (Å²) in [6, 6.07) is 5.74. The minimum absolute atomic E-state index is 0.0166. The Balaban J connectivity index is 2.23. The highest BCUT2D eigenvalue weighted by Gasteiger charge is 2.36. The molecule has 2 rings (SSSR count). The third-order valence-corrected chi connectivity index (χ3v) is 3.82. The van der Waals surface area contributed by atoms with Crippen molar-refractivity contribution in [3.05, 3.63) is 35.6 Å². The van der Waals surface area contributed by atoms with Gasteiger partial charge in [-0.3, -0.25) is 4.79 Å². The summed E-state index contributed by atoms with van der Waals surface area (Å²) in [5.74, 6) is -1.34. The summed E-state index contributed by atoms with van der Waals surface area (Å²) in [7, 11) is 0. The number of rotatable bonds is 4. The molecule has 28 heavy (non-hydrogen) atoms. The average Bonchev–Trinajstić information content (AvgIpc) is 2.54. The number of alkyl halides is 2. The van der Waals surface area contributed by atoms with E-state index in [0.29, 0.717) is 0 Å². The molecule has 1 aliphatic heterocycles. The van der Waals surface area contributed by atoms with Crippen LogP contribution in [0.4, 0.5) is 19.3 Å². The van der Waals surface area contributed by atoms with Crippen molar-refractivity contribution < 1.29 is 33.0 Å². The molecule has 0 atom stereocenters. The number of ether oxygens (including phenoxy) is 2. The summed E-state index contributed by atoms with van der Waals surface area (Å²) in [6.45, 7) is 1.83. The van der Waals surface area contributed by atoms with Gasteiger partial charge in [0.2, 0.25) is 0 Å². The number of nitrogens with one attached hydrogen (secondary N) is 1. The molecule has 0 saturated heterocycles. The Morgan fingerprint density at radius 3 is 2.57 bits per heavy atom. The largest absolute Gasteiger partial charge is 0.511 e. The number of thiocarbonyl (C=S) groups is 1. The van der Waals surface area contributed by atoms with Crippen molar-refractivity contribution in [3.63, 3.8) is 0 Å². The number of aliphatic hydroxyl groups excluding tert-OH is 1. The lowest BCUT2D eigenvalue weighted by Gasteiger charge is -2.29. The van der Waals surface area contributed by atoms with Gasteiger partial charge in [0, 0.05) is 13.0 Å². The SMILES string of the molecule is CC(C)(C)OC(=O)N1CCC(O)=C(C(=S)Nc2ccccc2OC(F)F)C1=O. The molecule has 2 N–H and O–H groups in total. The van der Waals surface area contributed by atoms with Gasteiger partial charge >= 0.3 is 12.7 Å². The highest BCUT2D eigenvalue weighted by atomic mass is 32.1. The van der Waals surface area contributed by atoms with Gasteiger partial charge in [-0.15, -0.1) is 0 Å². The lowest BCUT2D eigenvalue weighted by molar-refractivity contribution is -0.126. The van der Waals surface area contributed by atoms with E-state index in [9.17, 15) is 23.5 Å². The van der Waals surface area contributed by atoms with Crippen LogP contribution in [-0.2, 0) is 9.53 Å². The Morgan fingerprint density at radius 1 is 1.32 bits per heavy atom. The minimum Gasteiger partial charge on any atom is -0.511 e. The van der Waals surface area contributed by atoms with E-state index in [2.05, 4.69) is 10.1 Å². The van der Waals surface area contributed by atoms with E-state index in [0.717, 1.165) is 4.90 Å². The van der Waals surface area contributed by atoms with Crippen LogP contribution in [0.3, 0.4) is 0 Å². The number of halogens is 2. The van der Waals surface area contributed by atoms with Gasteiger partial charge < -0.3 is 19.9 Å². The predicted molar refractivity (Wildman–Crippen MR) is 102 cm³/mol.